The van der Waals surface area contributed by atoms with Crippen LogP contribution >= 0.6 is 0 Å². The Bertz CT molecular complexity index is 409. The summed E-state index contributed by atoms with van der Waals surface area (Å²) < 4.78 is 0. The van der Waals surface area contributed by atoms with Gasteiger partial charge in [0.05, 0.1) is 12.5 Å². The Balaban J connectivity index is 2.48. The van der Waals surface area contributed by atoms with Gasteiger partial charge in [-0.1, -0.05) is 12.0 Å². The van der Waals surface area contributed by atoms with Gasteiger partial charge in [-0.3, -0.25) is 4.79 Å². The van der Waals surface area contributed by atoms with Crippen LogP contribution in [0.15, 0.2) is 24.3 Å². The average Bonchev–Trinajstić information content (AvgIpc) is 2.26. The molecule has 4 nitrogen and oxygen atoms in total. The third-order valence-electron chi connectivity index (χ3n) is 1.98. The van der Waals surface area contributed by atoms with Gasteiger partial charge in [0.25, 0.3) is 0 Å². The van der Waals surface area contributed by atoms with Crippen LogP contribution in [0, 0.1) is 12.3 Å². The second kappa shape index (κ2) is 5.79. The SMILES string of the molecule is C#Cc1cccc(NCC(O)CC(=O)O)c1. The number of hydrogen-bond acceptors (Lipinski definition) is 3. The Morgan fingerprint density at radius 2 is 2.31 bits per heavy atom. The highest BCUT2D eigenvalue weighted by Gasteiger charge is 2.08. The molecule has 1 rings (SSSR count). The van der Waals surface area contributed by atoms with Gasteiger partial charge in [0.2, 0.25) is 0 Å². The number of aliphatic carboxylic acids is 1. The topological polar surface area (TPSA) is 69.6 Å². The maximum absolute atomic E-state index is 10.3. The molecule has 0 aliphatic carbocycles. The van der Waals surface area contributed by atoms with Gasteiger partial charge in [0.1, 0.15) is 0 Å². The second-order valence-corrected chi connectivity index (χ2v) is 3.36. The molecule has 0 radical (unpaired) electrons. The van der Waals surface area contributed by atoms with Gasteiger partial charge >= 0.3 is 5.97 Å². The van der Waals surface area contributed by atoms with E-state index < -0.39 is 12.1 Å². The second-order valence-electron chi connectivity index (χ2n) is 3.36. The molecule has 0 fully saturated rings. The number of rotatable bonds is 5. The zero-order valence-electron chi connectivity index (χ0n) is 8.68. The molecule has 1 aromatic carbocycles. The fourth-order valence-electron chi connectivity index (χ4n) is 1.23. The Hall–Kier alpha value is -1.99. The van der Waals surface area contributed by atoms with Crippen molar-refractivity contribution in [3.63, 3.8) is 0 Å². The van der Waals surface area contributed by atoms with E-state index in [9.17, 15) is 9.90 Å². The van der Waals surface area contributed by atoms with Gasteiger partial charge in [-0.15, -0.1) is 6.42 Å². The first kappa shape index (κ1) is 12.1. The average molecular weight is 219 g/mol. The molecule has 0 saturated heterocycles. The molecule has 0 heterocycles. The van der Waals surface area contributed by atoms with E-state index in [1.807, 2.05) is 0 Å². The lowest BCUT2D eigenvalue weighted by molar-refractivity contribution is -0.138. The molecule has 0 saturated carbocycles. The minimum atomic E-state index is -1.02. The van der Waals surface area contributed by atoms with Gasteiger partial charge in [0.15, 0.2) is 0 Å². The number of hydrogen-bond donors (Lipinski definition) is 3. The molecule has 84 valence electrons. The molecule has 4 heteroatoms. The minimum absolute atomic E-state index is 0.181. The van der Waals surface area contributed by atoms with Gasteiger partial charge in [0, 0.05) is 17.8 Å². The lowest BCUT2D eigenvalue weighted by atomic mass is 10.2. The molecule has 0 aromatic heterocycles. The summed E-state index contributed by atoms with van der Waals surface area (Å²) >= 11 is 0. The van der Waals surface area contributed by atoms with Crippen LogP contribution in [-0.2, 0) is 4.79 Å². The summed E-state index contributed by atoms with van der Waals surface area (Å²) in [5, 5.41) is 20.7. The number of benzene rings is 1. The van der Waals surface area contributed by atoms with E-state index in [1.165, 1.54) is 0 Å². The van der Waals surface area contributed by atoms with Crippen molar-refractivity contribution in [2.45, 2.75) is 12.5 Å². The lowest BCUT2D eigenvalue weighted by Crippen LogP contribution is -2.22. The third kappa shape index (κ3) is 4.03. The quantitative estimate of drug-likeness (QED) is 0.644. The molecular weight excluding hydrogens is 206 g/mol. The molecule has 0 aliphatic rings. The van der Waals surface area contributed by atoms with Crippen LogP contribution in [0.5, 0.6) is 0 Å². The summed E-state index contributed by atoms with van der Waals surface area (Å²) in [6.07, 6.45) is 4.05. The van der Waals surface area contributed by atoms with Gasteiger partial charge in [-0.25, -0.2) is 0 Å². The van der Waals surface area contributed by atoms with E-state index in [1.54, 1.807) is 24.3 Å². The number of aliphatic hydroxyl groups is 1. The lowest BCUT2D eigenvalue weighted by Gasteiger charge is -2.10. The highest BCUT2D eigenvalue weighted by molar-refractivity contribution is 5.67. The van der Waals surface area contributed by atoms with Crippen molar-refractivity contribution >= 4 is 11.7 Å². The van der Waals surface area contributed by atoms with Gasteiger partial charge < -0.3 is 15.5 Å². The van der Waals surface area contributed by atoms with Crippen LogP contribution in [0.1, 0.15) is 12.0 Å². The van der Waals surface area contributed by atoms with Crippen LogP contribution in [0.25, 0.3) is 0 Å². The van der Waals surface area contributed by atoms with Crippen LogP contribution in [0.2, 0.25) is 0 Å². The van der Waals surface area contributed by atoms with E-state index in [4.69, 9.17) is 11.5 Å². The van der Waals surface area contributed by atoms with Crippen molar-refractivity contribution in [2.24, 2.45) is 0 Å². The first-order valence-electron chi connectivity index (χ1n) is 4.82. The molecule has 1 unspecified atom stereocenters. The fourth-order valence-corrected chi connectivity index (χ4v) is 1.23. The third-order valence-corrected chi connectivity index (χ3v) is 1.98. The van der Waals surface area contributed by atoms with Gasteiger partial charge in [-0.05, 0) is 18.2 Å². The first-order chi connectivity index (χ1) is 7.61. The smallest absolute Gasteiger partial charge is 0.306 e. The van der Waals surface area contributed by atoms with Crippen LogP contribution in [0.3, 0.4) is 0 Å². The maximum atomic E-state index is 10.3. The highest BCUT2D eigenvalue weighted by Crippen LogP contribution is 2.09. The van der Waals surface area contributed by atoms with Crippen molar-refractivity contribution in [3.05, 3.63) is 29.8 Å². The van der Waals surface area contributed by atoms with Crippen LogP contribution in [0.4, 0.5) is 5.69 Å². The maximum Gasteiger partial charge on any atom is 0.306 e. The molecule has 3 N–H and O–H groups in total. The van der Waals surface area contributed by atoms with Crippen LogP contribution in [-0.4, -0.2) is 28.8 Å². The number of nitrogens with one attached hydrogen (secondary N) is 1. The standard InChI is InChI=1S/C12H13NO3/c1-2-9-4-3-5-10(6-9)13-8-11(14)7-12(15)16/h1,3-6,11,13-14H,7-8H2,(H,15,16). The van der Waals surface area contributed by atoms with Crippen molar-refractivity contribution in [3.8, 4) is 12.3 Å². The van der Waals surface area contributed by atoms with E-state index in [-0.39, 0.29) is 13.0 Å². The number of carbonyl (C=O) groups is 1. The molecule has 0 aliphatic heterocycles. The fraction of sp³-hybridized carbons (Fsp3) is 0.250. The Kier molecular flexibility index (Phi) is 4.37. The Morgan fingerprint density at radius 3 is 2.94 bits per heavy atom. The largest absolute Gasteiger partial charge is 0.481 e. The van der Waals surface area contributed by atoms with Crippen molar-refractivity contribution in [1.82, 2.24) is 0 Å². The van der Waals surface area contributed by atoms with Crippen molar-refractivity contribution in [1.29, 1.82) is 0 Å². The normalized spacial score (nSPS) is 11.5. The van der Waals surface area contributed by atoms with E-state index in [2.05, 4.69) is 11.2 Å². The van der Waals surface area contributed by atoms with E-state index in [0.29, 0.717) is 0 Å². The molecular formula is C12H13NO3. The van der Waals surface area contributed by atoms with Crippen molar-refractivity contribution in [2.75, 3.05) is 11.9 Å². The van der Waals surface area contributed by atoms with E-state index >= 15 is 0 Å². The van der Waals surface area contributed by atoms with Crippen LogP contribution < -0.4 is 5.32 Å². The molecule has 0 spiro atoms. The Labute approximate surface area is 93.9 Å². The van der Waals surface area contributed by atoms with Crippen molar-refractivity contribution < 1.29 is 15.0 Å². The minimum Gasteiger partial charge on any atom is -0.481 e. The number of terminal acetylenes is 1. The first-order valence-corrected chi connectivity index (χ1v) is 4.82. The number of anilines is 1. The number of carboxylic acid groups (broad SMARTS) is 1. The predicted molar refractivity (Wildman–Crippen MR) is 61.1 cm³/mol. The summed E-state index contributed by atoms with van der Waals surface area (Å²) in [5.41, 5.74) is 1.50. The van der Waals surface area contributed by atoms with Gasteiger partial charge in [-0.2, -0.15) is 0 Å². The molecule has 0 bridgehead atoms. The predicted octanol–water partition coefficient (Wildman–Crippen LogP) is 0.915. The molecule has 1 aromatic rings. The molecule has 1 atom stereocenters. The molecule has 0 amide bonds. The summed E-state index contributed by atoms with van der Waals surface area (Å²) in [7, 11) is 0. The highest BCUT2D eigenvalue weighted by atomic mass is 16.4. The summed E-state index contributed by atoms with van der Waals surface area (Å²) in [6.45, 7) is 0.181. The molecule has 16 heavy (non-hydrogen) atoms. The number of aliphatic hydroxyl groups excluding tert-OH is 1. The Morgan fingerprint density at radius 1 is 1.56 bits per heavy atom. The summed E-state index contributed by atoms with van der Waals surface area (Å²) in [5.74, 6) is 1.47. The monoisotopic (exact) mass is 219 g/mol. The summed E-state index contributed by atoms with van der Waals surface area (Å²) in [6, 6.07) is 7.14. The number of carboxylic acids is 1. The van der Waals surface area contributed by atoms with E-state index in [0.717, 1.165) is 11.3 Å². The zero-order chi connectivity index (χ0) is 12.0. The summed E-state index contributed by atoms with van der Waals surface area (Å²) in [4.78, 5) is 10.3. The zero-order valence-corrected chi connectivity index (χ0v) is 8.68.